The van der Waals surface area contributed by atoms with Crippen molar-refractivity contribution in [3.63, 3.8) is 0 Å². The molecule has 142 valence electrons. The van der Waals surface area contributed by atoms with Crippen LogP contribution in [0.2, 0.25) is 13.3 Å². The van der Waals surface area contributed by atoms with Crippen LogP contribution in [0.15, 0.2) is 9.67 Å². The van der Waals surface area contributed by atoms with Crippen molar-refractivity contribution in [3.8, 4) is 0 Å². The second-order valence-corrected chi connectivity index (χ2v) is 20.7. The molecule has 0 aromatic rings. The molecule has 0 N–H and O–H groups in total. The van der Waals surface area contributed by atoms with Crippen molar-refractivity contribution >= 4 is 24.3 Å². The molecule has 0 radical (unpaired) electrons. The monoisotopic (exact) mass is 446 g/mol. The van der Waals surface area contributed by atoms with Gasteiger partial charge in [0.1, 0.15) is 0 Å². The van der Waals surface area contributed by atoms with E-state index >= 15 is 0 Å². The van der Waals surface area contributed by atoms with Crippen LogP contribution < -0.4 is 0 Å². The minimum absolute atomic E-state index is 0.118. The number of ether oxygens (including phenoxy) is 1. The van der Waals surface area contributed by atoms with E-state index in [4.69, 9.17) is 4.74 Å². The number of carbonyl (C=O) groups is 1. The van der Waals surface area contributed by atoms with Crippen LogP contribution >= 0.6 is 0 Å². The number of rotatable bonds is 15. The third kappa shape index (κ3) is 9.48. The molecular weight excluding hydrogens is 403 g/mol. The van der Waals surface area contributed by atoms with Crippen LogP contribution in [-0.2, 0) is 9.53 Å². The molecule has 2 nitrogen and oxygen atoms in total. The third-order valence-corrected chi connectivity index (χ3v) is 21.5. The fourth-order valence-electron chi connectivity index (χ4n) is 3.66. The van der Waals surface area contributed by atoms with Gasteiger partial charge in [0.15, 0.2) is 0 Å². The van der Waals surface area contributed by atoms with E-state index in [1.165, 1.54) is 78.2 Å². The predicted octanol–water partition coefficient (Wildman–Crippen LogP) is 7.05. The van der Waals surface area contributed by atoms with Crippen LogP contribution in [0.4, 0.5) is 0 Å². The zero-order chi connectivity index (χ0) is 18.3. The van der Waals surface area contributed by atoms with Gasteiger partial charge in [0.25, 0.3) is 0 Å². The first-order chi connectivity index (χ1) is 11.6. The Morgan fingerprint density at radius 1 is 0.792 bits per heavy atom. The van der Waals surface area contributed by atoms with E-state index in [9.17, 15) is 4.79 Å². The first-order valence-electron chi connectivity index (χ1n) is 10.4. The van der Waals surface area contributed by atoms with Crippen molar-refractivity contribution in [3.05, 3.63) is 9.67 Å². The van der Waals surface area contributed by atoms with Crippen molar-refractivity contribution in [1.82, 2.24) is 0 Å². The molecule has 0 saturated carbocycles. The van der Waals surface area contributed by atoms with E-state index < -0.39 is 18.4 Å². The molecule has 0 aromatic heterocycles. The van der Waals surface area contributed by atoms with Crippen LogP contribution in [0.3, 0.4) is 0 Å². The normalized spacial score (nSPS) is 12.5. The number of esters is 1. The topological polar surface area (TPSA) is 26.3 Å². The number of carbonyl (C=O) groups excluding carboxylic acids is 1. The molecule has 0 aliphatic rings. The van der Waals surface area contributed by atoms with Gasteiger partial charge >= 0.3 is 156 Å². The minimum atomic E-state index is -2.46. The average molecular weight is 445 g/mol. The van der Waals surface area contributed by atoms with Crippen molar-refractivity contribution in [2.24, 2.45) is 0 Å². The molecule has 0 amide bonds. The second-order valence-electron chi connectivity index (χ2n) is 7.24. The van der Waals surface area contributed by atoms with Gasteiger partial charge in [0.05, 0.1) is 0 Å². The Kier molecular flexibility index (Phi) is 15.3. The van der Waals surface area contributed by atoms with Crippen LogP contribution in [0.5, 0.6) is 0 Å². The molecule has 24 heavy (non-hydrogen) atoms. The SMILES string of the molecule is CCCCC/[C](=C\C(=O)OC)[Sn]([CH2]CCC)([CH2]CCC)[CH2]CCC. The summed E-state index contributed by atoms with van der Waals surface area (Å²) < 4.78 is 10.9. The van der Waals surface area contributed by atoms with Crippen LogP contribution in [0.25, 0.3) is 0 Å². The summed E-state index contributed by atoms with van der Waals surface area (Å²) in [5.41, 5.74) is 0. The summed E-state index contributed by atoms with van der Waals surface area (Å²) in [5.74, 6) is -0.118. The molecule has 0 unspecified atom stereocenters. The summed E-state index contributed by atoms with van der Waals surface area (Å²) >= 11 is -2.46. The predicted molar refractivity (Wildman–Crippen MR) is 109 cm³/mol. The molecule has 0 bridgehead atoms. The van der Waals surface area contributed by atoms with E-state index in [1.54, 1.807) is 3.59 Å². The standard InChI is InChI=1S/C9H15O2.3C4H9.Sn/c1-3-4-5-6-7-8-9(10)11-2;3*1-3-4-2;/h8H,3-6H2,1-2H3;3*1,3-4H2,2H3;. The number of methoxy groups -OCH3 is 1. The van der Waals surface area contributed by atoms with Gasteiger partial charge in [-0.1, -0.05) is 0 Å². The van der Waals surface area contributed by atoms with Gasteiger partial charge in [-0.15, -0.1) is 0 Å². The molecule has 0 atom stereocenters. The van der Waals surface area contributed by atoms with Crippen molar-refractivity contribution in [2.75, 3.05) is 7.11 Å². The van der Waals surface area contributed by atoms with E-state index in [0.29, 0.717) is 0 Å². The summed E-state index contributed by atoms with van der Waals surface area (Å²) in [7, 11) is 1.52. The van der Waals surface area contributed by atoms with Crippen molar-refractivity contribution in [1.29, 1.82) is 0 Å². The molecule has 0 aliphatic carbocycles. The summed E-state index contributed by atoms with van der Waals surface area (Å²) in [6.07, 6.45) is 14.7. The molecule has 0 spiro atoms. The van der Waals surface area contributed by atoms with Gasteiger partial charge in [-0.3, -0.25) is 0 Å². The first kappa shape index (κ1) is 24.0. The quantitative estimate of drug-likeness (QED) is 0.117. The Hall–Kier alpha value is 0.00870. The molecule has 0 saturated heterocycles. The van der Waals surface area contributed by atoms with Crippen molar-refractivity contribution in [2.45, 2.75) is 105 Å². The van der Waals surface area contributed by atoms with Gasteiger partial charge in [-0.05, 0) is 0 Å². The Morgan fingerprint density at radius 2 is 1.25 bits per heavy atom. The van der Waals surface area contributed by atoms with Crippen molar-refractivity contribution < 1.29 is 9.53 Å². The van der Waals surface area contributed by atoms with Crippen LogP contribution in [0, 0.1) is 0 Å². The number of hydrogen-bond donors (Lipinski definition) is 0. The molecule has 0 heterocycles. The number of unbranched alkanes of at least 4 members (excludes halogenated alkanes) is 5. The maximum absolute atomic E-state index is 12.1. The summed E-state index contributed by atoms with van der Waals surface area (Å²) in [6, 6.07) is 0. The van der Waals surface area contributed by atoms with E-state index in [0.717, 1.165) is 6.42 Å². The fourth-order valence-corrected chi connectivity index (χ4v) is 20.6. The van der Waals surface area contributed by atoms with Gasteiger partial charge in [0, 0.05) is 0 Å². The molecule has 0 fully saturated rings. The molecular formula is C21H42O2Sn. The Labute approximate surface area is 155 Å². The van der Waals surface area contributed by atoms with E-state index in [1.807, 2.05) is 6.08 Å². The fraction of sp³-hybridized carbons (Fsp3) is 0.857. The van der Waals surface area contributed by atoms with E-state index in [2.05, 4.69) is 27.7 Å². The summed E-state index contributed by atoms with van der Waals surface area (Å²) in [4.78, 5) is 12.1. The number of allylic oxidation sites excluding steroid dienone is 1. The Balaban J connectivity index is 5.58. The van der Waals surface area contributed by atoms with Gasteiger partial charge in [-0.2, -0.15) is 0 Å². The Bertz CT molecular complexity index is 328. The van der Waals surface area contributed by atoms with Gasteiger partial charge in [0.2, 0.25) is 0 Å². The van der Waals surface area contributed by atoms with Gasteiger partial charge in [-0.25, -0.2) is 0 Å². The van der Waals surface area contributed by atoms with Gasteiger partial charge < -0.3 is 0 Å². The molecule has 3 heteroatoms. The first-order valence-corrected chi connectivity index (χ1v) is 17.9. The molecule has 0 aliphatic heterocycles. The van der Waals surface area contributed by atoms with Crippen LogP contribution in [-0.4, -0.2) is 31.5 Å². The zero-order valence-corrected chi connectivity index (χ0v) is 19.9. The zero-order valence-electron chi connectivity index (χ0n) is 17.1. The second kappa shape index (κ2) is 15.3. The molecule has 0 aromatic carbocycles. The number of hydrogen-bond acceptors (Lipinski definition) is 2. The van der Waals surface area contributed by atoms with Crippen LogP contribution in [0.1, 0.15) is 91.9 Å². The third-order valence-electron chi connectivity index (χ3n) is 5.25. The summed E-state index contributed by atoms with van der Waals surface area (Å²) in [5, 5.41) is 0. The molecule has 0 rings (SSSR count). The van der Waals surface area contributed by atoms with E-state index in [-0.39, 0.29) is 5.97 Å². The average Bonchev–Trinajstić information content (AvgIpc) is 2.60. The maximum atomic E-state index is 12.1. The Morgan fingerprint density at radius 3 is 1.62 bits per heavy atom. The summed E-state index contributed by atoms with van der Waals surface area (Å²) in [6.45, 7) is 9.16.